The van der Waals surface area contributed by atoms with E-state index in [1.165, 1.54) is 0 Å². The molecule has 0 heterocycles. The van der Waals surface area contributed by atoms with Crippen LogP contribution in [0.4, 0.5) is 0 Å². The summed E-state index contributed by atoms with van der Waals surface area (Å²) in [6, 6.07) is 9.89. The summed E-state index contributed by atoms with van der Waals surface area (Å²) in [7, 11) is 9.75. The maximum atomic E-state index is 5.91. The summed E-state index contributed by atoms with van der Waals surface area (Å²) in [5, 5.41) is 0. The monoisotopic (exact) mass is 415 g/mol. The van der Waals surface area contributed by atoms with E-state index in [-0.39, 0.29) is 5.54 Å². The molecular weight excluding hydrogens is 402 g/mol. The van der Waals surface area contributed by atoms with Gasteiger partial charge in [0.25, 0.3) is 0 Å². The first-order chi connectivity index (χ1) is 6.58. The van der Waals surface area contributed by atoms with E-state index < -0.39 is 16.5 Å². The fourth-order valence-corrected chi connectivity index (χ4v) is 0.937. The molecule has 4 N–H and O–H groups in total. The van der Waals surface area contributed by atoms with Crippen LogP contribution in [-0.4, -0.2) is 6.54 Å². The zero-order valence-electron chi connectivity index (χ0n) is 7.82. The Kier molecular flexibility index (Phi) is 7.89. The van der Waals surface area contributed by atoms with Crippen molar-refractivity contribution in [1.82, 2.24) is 0 Å². The minimum absolute atomic E-state index is 0.388. The molecule has 84 valence electrons. The Bertz CT molecular complexity index is 242. The van der Waals surface area contributed by atoms with Crippen molar-refractivity contribution < 1.29 is 16.5 Å². The first-order valence-electron chi connectivity index (χ1n) is 3.95. The van der Waals surface area contributed by atoms with Gasteiger partial charge in [0.2, 0.25) is 0 Å². The minimum atomic E-state index is -0.472. The van der Waals surface area contributed by atoms with E-state index in [9.17, 15) is 0 Å². The molecule has 0 spiro atoms. The van der Waals surface area contributed by atoms with Crippen molar-refractivity contribution in [2.75, 3.05) is 6.54 Å². The molecule has 0 aliphatic carbocycles. The molecule has 5 heteroatoms. The predicted molar refractivity (Wildman–Crippen MR) is 58.7 cm³/mol. The van der Waals surface area contributed by atoms with Crippen LogP contribution in [0.15, 0.2) is 30.3 Å². The molecule has 0 amide bonds. The second-order valence-corrected chi connectivity index (χ2v) is 6.32. The SMILES string of the molecule is CC(N)(CN)c1ccccc1.[Cl][Pt][Cl]. The first-order valence-corrected chi connectivity index (χ1v) is 9.58. The maximum absolute atomic E-state index is 5.91. The van der Waals surface area contributed by atoms with Crippen molar-refractivity contribution in [1.29, 1.82) is 0 Å². The molecule has 0 saturated carbocycles. The number of hydrogen-bond donors (Lipinski definition) is 2. The Balaban J connectivity index is 0.000000500. The molecule has 1 rings (SSSR count). The number of nitrogens with two attached hydrogens (primary N) is 2. The summed E-state index contributed by atoms with van der Waals surface area (Å²) >= 11 is -0.472. The van der Waals surface area contributed by atoms with Gasteiger partial charge in [-0.1, -0.05) is 30.3 Å². The quantitative estimate of drug-likeness (QED) is 0.777. The Morgan fingerprint density at radius 3 is 2.07 bits per heavy atom. The van der Waals surface area contributed by atoms with Crippen molar-refractivity contribution in [3.63, 3.8) is 0 Å². The number of halogens is 2. The van der Waals surface area contributed by atoms with Gasteiger partial charge >= 0.3 is 35.3 Å². The van der Waals surface area contributed by atoms with E-state index in [1.807, 2.05) is 37.3 Å². The van der Waals surface area contributed by atoms with Crippen LogP contribution in [0, 0.1) is 0 Å². The van der Waals surface area contributed by atoms with Gasteiger partial charge in [0.15, 0.2) is 0 Å². The molecule has 0 aromatic heterocycles. The summed E-state index contributed by atoms with van der Waals surface area (Å²) in [6.45, 7) is 2.40. The molecule has 0 aliphatic rings. The zero-order valence-corrected chi connectivity index (χ0v) is 11.6. The summed E-state index contributed by atoms with van der Waals surface area (Å²) in [6.07, 6.45) is 0. The summed E-state index contributed by atoms with van der Waals surface area (Å²) in [5.74, 6) is 0. The fourth-order valence-electron chi connectivity index (χ4n) is 0.937. The van der Waals surface area contributed by atoms with Gasteiger partial charge in [-0.15, -0.1) is 0 Å². The van der Waals surface area contributed by atoms with Gasteiger partial charge < -0.3 is 11.5 Å². The molecule has 2 nitrogen and oxygen atoms in total. The van der Waals surface area contributed by atoms with E-state index >= 15 is 0 Å². The standard InChI is InChI=1S/C9H14N2.2ClH.Pt/c1-9(11,7-10)8-5-3-2-4-6-8;;;/h2-6H,7,10-11H2,1H3;2*1H;/q;;;+2/p-2. The molecule has 1 aromatic rings. The second kappa shape index (κ2) is 7.67. The van der Waals surface area contributed by atoms with E-state index in [2.05, 4.69) is 0 Å². The van der Waals surface area contributed by atoms with Crippen LogP contribution in [0.2, 0.25) is 0 Å². The van der Waals surface area contributed by atoms with Crippen LogP contribution >= 0.6 is 18.8 Å². The van der Waals surface area contributed by atoms with Gasteiger partial charge in [-0.25, -0.2) is 0 Å². The third kappa shape index (κ3) is 5.33. The first kappa shape index (κ1) is 14.4. The molecular formula is C9H14Cl2N2Pt. The molecule has 0 bridgehead atoms. The van der Waals surface area contributed by atoms with Crippen LogP contribution in [0.3, 0.4) is 0 Å². The third-order valence-electron chi connectivity index (χ3n) is 1.86. The average Bonchev–Trinajstić information content (AvgIpc) is 2.20. The molecule has 0 saturated heterocycles. The normalized spacial score (nSPS) is 14.1. The van der Waals surface area contributed by atoms with Crippen molar-refractivity contribution >= 4 is 18.8 Å². The number of rotatable bonds is 2. The van der Waals surface area contributed by atoms with E-state index in [4.69, 9.17) is 30.3 Å². The van der Waals surface area contributed by atoms with Crippen molar-refractivity contribution in [2.45, 2.75) is 12.5 Å². The molecule has 0 radical (unpaired) electrons. The van der Waals surface area contributed by atoms with Crippen molar-refractivity contribution in [3.8, 4) is 0 Å². The Hall–Kier alpha value is 0.408. The van der Waals surface area contributed by atoms with Crippen LogP contribution in [0.1, 0.15) is 12.5 Å². The van der Waals surface area contributed by atoms with Gasteiger partial charge in [0.05, 0.1) is 5.54 Å². The topological polar surface area (TPSA) is 52.0 Å². The molecule has 1 aromatic carbocycles. The third-order valence-corrected chi connectivity index (χ3v) is 1.86. The fraction of sp³-hybridized carbons (Fsp3) is 0.333. The van der Waals surface area contributed by atoms with E-state index in [0.29, 0.717) is 6.54 Å². The van der Waals surface area contributed by atoms with Gasteiger partial charge in [-0.3, -0.25) is 0 Å². The number of benzene rings is 1. The van der Waals surface area contributed by atoms with Crippen molar-refractivity contribution in [2.24, 2.45) is 11.5 Å². The van der Waals surface area contributed by atoms with Crippen LogP contribution < -0.4 is 11.5 Å². The summed E-state index contributed by atoms with van der Waals surface area (Å²) in [5.41, 5.74) is 12.1. The van der Waals surface area contributed by atoms with Gasteiger partial charge in [0, 0.05) is 6.54 Å². The molecule has 0 fully saturated rings. The van der Waals surface area contributed by atoms with E-state index in [0.717, 1.165) is 5.56 Å². The van der Waals surface area contributed by atoms with Gasteiger partial charge in [-0.2, -0.15) is 0 Å². The van der Waals surface area contributed by atoms with Gasteiger partial charge in [0.1, 0.15) is 0 Å². The molecule has 0 aliphatic heterocycles. The molecule has 1 unspecified atom stereocenters. The average molecular weight is 416 g/mol. The second-order valence-electron chi connectivity index (χ2n) is 3.03. The Morgan fingerprint density at radius 2 is 1.71 bits per heavy atom. The van der Waals surface area contributed by atoms with E-state index in [1.54, 1.807) is 0 Å². The zero-order chi connectivity index (χ0) is 11.0. The van der Waals surface area contributed by atoms with Crippen LogP contribution in [-0.2, 0) is 22.0 Å². The Morgan fingerprint density at radius 1 is 1.29 bits per heavy atom. The van der Waals surface area contributed by atoms with Gasteiger partial charge in [-0.05, 0) is 12.5 Å². The van der Waals surface area contributed by atoms with Crippen LogP contribution in [0.25, 0.3) is 0 Å². The van der Waals surface area contributed by atoms with Crippen molar-refractivity contribution in [3.05, 3.63) is 35.9 Å². The Labute approximate surface area is 101 Å². The molecule has 1 atom stereocenters. The molecule has 14 heavy (non-hydrogen) atoms. The predicted octanol–water partition coefficient (Wildman–Crippen LogP) is 2.20. The number of hydrogen-bond acceptors (Lipinski definition) is 2. The van der Waals surface area contributed by atoms with Crippen LogP contribution in [0.5, 0.6) is 0 Å². The summed E-state index contributed by atoms with van der Waals surface area (Å²) < 4.78 is 0. The summed E-state index contributed by atoms with van der Waals surface area (Å²) in [4.78, 5) is 0.